The van der Waals surface area contributed by atoms with E-state index in [4.69, 9.17) is 18.9 Å². The van der Waals surface area contributed by atoms with Gasteiger partial charge in [-0.25, -0.2) is 0 Å². The maximum atomic E-state index is 12.8. The number of methoxy groups -OCH3 is 2. The maximum Gasteiger partial charge on any atom is 0.393 e. The Hall–Kier alpha value is -2.25. The van der Waals surface area contributed by atoms with Gasteiger partial charge in [-0.15, -0.1) is 0 Å². The van der Waals surface area contributed by atoms with Crippen LogP contribution < -0.4 is 9.47 Å². The van der Waals surface area contributed by atoms with Crippen molar-refractivity contribution < 1.29 is 32.1 Å². The fourth-order valence-corrected chi connectivity index (χ4v) is 2.18. The van der Waals surface area contributed by atoms with Gasteiger partial charge in [0.25, 0.3) is 0 Å². The van der Waals surface area contributed by atoms with Crippen molar-refractivity contribution in [1.82, 2.24) is 0 Å². The summed E-state index contributed by atoms with van der Waals surface area (Å²) >= 11 is 0. The van der Waals surface area contributed by atoms with Crippen LogP contribution in [0.1, 0.15) is 17.5 Å². The molecule has 0 bridgehead atoms. The summed E-state index contributed by atoms with van der Waals surface area (Å²) in [5, 5.41) is 0. The smallest absolute Gasteiger partial charge is 0.393 e. The van der Waals surface area contributed by atoms with E-state index in [1.807, 2.05) is 0 Å². The van der Waals surface area contributed by atoms with Crippen LogP contribution in [0, 0.1) is 0 Å². The van der Waals surface area contributed by atoms with Crippen LogP contribution in [0.4, 0.5) is 13.2 Å². The molecule has 0 fully saturated rings. The number of hydrogen-bond donors (Lipinski definition) is 0. The summed E-state index contributed by atoms with van der Waals surface area (Å²) in [7, 11) is 3.08. The highest BCUT2D eigenvalue weighted by Crippen LogP contribution is 2.25. The standard InChI is InChI=1S/C19H21F3O4/c1-23-16-7-3-14(4-8-16)12-25-18(11-19(20,21)22)26-13-15-5-9-17(24-2)10-6-15/h3-10,18H,11-13H2,1-2H3. The zero-order valence-corrected chi connectivity index (χ0v) is 14.6. The second-order valence-electron chi connectivity index (χ2n) is 5.57. The second-order valence-corrected chi connectivity index (χ2v) is 5.57. The third kappa shape index (κ3) is 6.93. The molecule has 2 rings (SSSR count). The van der Waals surface area contributed by atoms with Gasteiger partial charge < -0.3 is 18.9 Å². The van der Waals surface area contributed by atoms with E-state index >= 15 is 0 Å². The molecular formula is C19H21F3O4. The molecule has 4 nitrogen and oxygen atoms in total. The molecule has 0 unspecified atom stereocenters. The van der Waals surface area contributed by atoms with E-state index in [0.717, 1.165) is 11.1 Å². The van der Waals surface area contributed by atoms with E-state index in [2.05, 4.69) is 0 Å². The summed E-state index contributed by atoms with van der Waals surface area (Å²) < 4.78 is 59.0. The van der Waals surface area contributed by atoms with Crippen LogP contribution in [0.5, 0.6) is 11.5 Å². The molecule has 0 heterocycles. The Balaban J connectivity index is 1.93. The third-order valence-electron chi connectivity index (χ3n) is 3.59. The average molecular weight is 370 g/mol. The van der Waals surface area contributed by atoms with Gasteiger partial charge in [-0.2, -0.15) is 13.2 Å². The predicted octanol–water partition coefficient (Wildman–Crippen LogP) is 4.72. The van der Waals surface area contributed by atoms with Gasteiger partial charge in [0, 0.05) is 0 Å². The molecule has 0 aromatic heterocycles. The summed E-state index contributed by atoms with van der Waals surface area (Å²) in [5.74, 6) is 1.33. The zero-order chi connectivity index (χ0) is 19.0. The molecule has 0 N–H and O–H groups in total. The van der Waals surface area contributed by atoms with Gasteiger partial charge in [0.05, 0.1) is 33.9 Å². The van der Waals surface area contributed by atoms with Gasteiger partial charge in [0.15, 0.2) is 6.29 Å². The van der Waals surface area contributed by atoms with Gasteiger partial charge in [0.2, 0.25) is 0 Å². The first kappa shape index (κ1) is 20.1. The Labute approximate surface area is 150 Å². The van der Waals surface area contributed by atoms with Crippen molar-refractivity contribution in [2.75, 3.05) is 14.2 Å². The monoisotopic (exact) mass is 370 g/mol. The van der Waals surface area contributed by atoms with Crippen molar-refractivity contribution in [2.24, 2.45) is 0 Å². The summed E-state index contributed by atoms with van der Waals surface area (Å²) in [6.07, 6.45) is -6.96. The number of hydrogen-bond acceptors (Lipinski definition) is 4. The minimum absolute atomic E-state index is 0.00730. The average Bonchev–Trinajstić information content (AvgIpc) is 2.63. The van der Waals surface area contributed by atoms with Gasteiger partial charge in [-0.3, -0.25) is 0 Å². The van der Waals surface area contributed by atoms with Crippen molar-refractivity contribution in [2.45, 2.75) is 32.1 Å². The summed E-state index contributed by atoms with van der Waals surface area (Å²) in [4.78, 5) is 0. The predicted molar refractivity (Wildman–Crippen MR) is 90.0 cm³/mol. The van der Waals surface area contributed by atoms with Gasteiger partial charge in [-0.1, -0.05) is 24.3 Å². The summed E-state index contributed by atoms with van der Waals surface area (Å²) in [5.41, 5.74) is 1.46. The quantitative estimate of drug-likeness (QED) is 0.599. The van der Waals surface area contributed by atoms with E-state index < -0.39 is 18.9 Å². The van der Waals surface area contributed by atoms with Crippen LogP contribution in [-0.2, 0) is 22.7 Å². The fourth-order valence-electron chi connectivity index (χ4n) is 2.18. The van der Waals surface area contributed by atoms with Crippen LogP contribution in [-0.4, -0.2) is 26.7 Å². The lowest BCUT2D eigenvalue weighted by Crippen LogP contribution is -2.25. The highest BCUT2D eigenvalue weighted by atomic mass is 19.4. The molecule has 0 amide bonds. The van der Waals surface area contributed by atoms with E-state index in [-0.39, 0.29) is 13.2 Å². The van der Waals surface area contributed by atoms with Crippen molar-refractivity contribution in [3.05, 3.63) is 59.7 Å². The number of rotatable bonds is 9. The van der Waals surface area contributed by atoms with Crippen LogP contribution >= 0.6 is 0 Å². The minimum atomic E-state index is -4.38. The highest BCUT2D eigenvalue weighted by Gasteiger charge is 2.33. The maximum absolute atomic E-state index is 12.8. The number of benzene rings is 2. The zero-order valence-electron chi connectivity index (χ0n) is 14.6. The number of ether oxygens (including phenoxy) is 4. The SMILES string of the molecule is COc1ccc(COC(CC(F)(F)F)OCc2ccc(OC)cc2)cc1. The normalized spacial score (nSPS) is 11.6. The summed E-state index contributed by atoms with van der Waals surface area (Å²) in [6, 6.07) is 13.8. The van der Waals surface area contributed by atoms with Crippen LogP contribution in [0.25, 0.3) is 0 Å². The first-order valence-electron chi connectivity index (χ1n) is 7.95. The lowest BCUT2D eigenvalue weighted by molar-refractivity contribution is -0.229. The van der Waals surface area contributed by atoms with Crippen LogP contribution in [0.2, 0.25) is 0 Å². The topological polar surface area (TPSA) is 36.9 Å². The molecular weight excluding hydrogens is 349 g/mol. The van der Waals surface area contributed by atoms with E-state index in [1.165, 1.54) is 14.2 Å². The molecule has 142 valence electrons. The van der Waals surface area contributed by atoms with Crippen LogP contribution in [0.3, 0.4) is 0 Å². The number of alkyl halides is 3. The molecule has 0 radical (unpaired) electrons. The fraction of sp³-hybridized carbons (Fsp3) is 0.368. The van der Waals surface area contributed by atoms with Crippen LogP contribution in [0.15, 0.2) is 48.5 Å². The highest BCUT2D eigenvalue weighted by molar-refractivity contribution is 5.27. The Morgan fingerprint density at radius 3 is 1.42 bits per heavy atom. The first-order valence-corrected chi connectivity index (χ1v) is 7.95. The van der Waals surface area contributed by atoms with E-state index in [1.54, 1.807) is 48.5 Å². The Morgan fingerprint density at radius 2 is 1.12 bits per heavy atom. The lowest BCUT2D eigenvalue weighted by atomic mass is 10.2. The molecule has 7 heteroatoms. The molecule has 0 aliphatic heterocycles. The molecule has 0 saturated heterocycles. The molecule has 0 saturated carbocycles. The van der Waals surface area contributed by atoms with Gasteiger partial charge in [-0.05, 0) is 35.4 Å². The summed E-state index contributed by atoms with van der Waals surface area (Å²) in [6.45, 7) is 0.0146. The molecule has 2 aromatic carbocycles. The Morgan fingerprint density at radius 1 is 0.731 bits per heavy atom. The first-order chi connectivity index (χ1) is 12.4. The van der Waals surface area contributed by atoms with Crippen molar-refractivity contribution in [3.8, 4) is 11.5 Å². The molecule has 0 spiro atoms. The molecule has 0 aliphatic carbocycles. The molecule has 2 aromatic rings. The third-order valence-corrected chi connectivity index (χ3v) is 3.59. The van der Waals surface area contributed by atoms with Crippen molar-refractivity contribution in [3.63, 3.8) is 0 Å². The van der Waals surface area contributed by atoms with E-state index in [0.29, 0.717) is 11.5 Å². The minimum Gasteiger partial charge on any atom is -0.497 e. The molecule has 0 aliphatic rings. The van der Waals surface area contributed by atoms with Crippen molar-refractivity contribution >= 4 is 0 Å². The second kappa shape index (κ2) is 9.45. The van der Waals surface area contributed by atoms with Gasteiger partial charge in [0.1, 0.15) is 11.5 Å². The van der Waals surface area contributed by atoms with E-state index in [9.17, 15) is 13.2 Å². The Kier molecular flexibility index (Phi) is 7.29. The molecule has 0 atom stereocenters. The lowest BCUT2D eigenvalue weighted by Gasteiger charge is -2.20. The van der Waals surface area contributed by atoms with Gasteiger partial charge >= 0.3 is 6.18 Å². The Bertz CT molecular complexity index is 602. The number of halogens is 3. The largest absolute Gasteiger partial charge is 0.497 e. The molecule has 26 heavy (non-hydrogen) atoms. The van der Waals surface area contributed by atoms with Crippen molar-refractivity contribution in [1.29, 1.82) is 0 Å².